The molecule has 0 aromatic heterocycles. The van der Waals surface area contributed by atoms with E-state index in [4.69, 9.17) is 4.74 Å². The average molecular weight is 342 g/mol. The number of carbonyl (C=O) groups excluding carboxylic acids is 2. The molecule has 2 N–H and O–H groups in total. The second-order valence-electron chi connectivity index (χ2n) is 7.09. The molecule has 0 fully saturated rings. The lowest BCUT2D eigenvalue weighted by atomic mass is 9.75. The van der Waals surface area contributed by atoms with Crippen molar-refractivity contribution in [2.45, 2.75) is 45.6 Å². The Balaban J connectivity index is 2.06. The highest BCUT2D eigenvalue weighted by molar-refractivity contribution is 6.06. The Hall–Kier alpha value is -2.30. The molecule has 2 amide bonds. The van der Waals surface area contributed by atoms with Crippen molar-refractivity contribution < 1.29 is 14.3 Å². The topological polar surface area (TPSA) is 67.4 Å². The number of methoxy groups -OCH3 is 1. The molecular formula is C20H26N2O3. The van der Waals surface area contributed by atoms with Crippen molar-refractivity contribution in [1.82, 2.24) is 10.6 Å². The van der Waals surface area contributed by atoms with Gasteiger partial charge in [0.25, 0.3) is 0 Å². The highest BCUT2D eigenvalue weighted by atomic mass is 16.5. The number of hydrogen-bond acceptors (Lipinski definition) is 3. The van der Waals surface area contributed by atoms with Gasteiger partial charge in [0.1, 0.15) is 5.75 Å². The van der Waals surface area contributed by atoms with E-state index in [-0.39, 0.29) is 24.3 Å². The maximum absolute atomic E-state index is 12.6. The summed E-state index contributed by atoms with van der Waals surface area (Å²) in [7, 11) is 1.66. The van der Waals surface area contributed by atoms with Crippen molar-refractivity contribution >= 4 is 17.4 Å². The molecule has 0 spiro atoms. The minimum absolute atomic E-state index is 0.0608. The highest BCUT2D eigenvalue weighted by Gasteiger charge is 2.32. The smallest absolute Gasteiger partial charge is 0.248 e. The predicted octanol–water partition coefficient (Wildman–Crippen LogP) is 2.45. The van der Waals surface area contributed by atoms with Gasteiger partial charge in [0, 0.05) is 18.2 Å². The molecule has 5 heteroatoms. The first-order valence-corrected chi connectivity index (χ1v) is 8.97. The van der Waals surface area contributed by atoms with E-state index in [9.17, 15) is 9.59 Å². The molecule has 25 heavy (non-hydrogen) atoms. The molecule has 0 saturated carbocycles. The predicted molar refractivity (Wildman–Crippen MR) is 97.2 cm³/mol. The normalized spacial score (nSPS) is 19.7. The van der Waals surface area contributed by atoms with Crippen LogP contribution in [0.5, 0.6) is 5.75 Å². The second kappa shape index (κ2) is 7.30. The van der Waals surface area contributed by atoms with Crippen LogP contribution in [0.15, 0.2) is 23.8 Å². The van der Waals surface area contributed by atoms with Crippen LogP contribution < -0.4 is 15.4 Å². The van der Waals surface area contributed by atoms with E-state index < -0.39 is 0 Å². The quantitative estimate of drug-likeness (QED) is 0.883. The van der Waals surface area contributed by atoms with Gasteiger partial charge in [0.15, 0.2) is 0 Å². The molecule has 1 aliphatic carbocycles. The van der Waals surface area contributed by atoms with Crippen LogP contribution in [-0.4, -0.2) is 31.5 Å². The molecule has 0 bridgehead atoms. The number of carbonyl (C=O) groups is 2. The number of aryl methyl sites for hydroxylation is 1. The molecule has 1 aliphatic heterocycles. The third-order valence-electron chi connectivity index (χ3n) is 4.94. The molecule has 0 radical (unpaired) electrons. The van der Waals surface area contributed by atoms with Crippen molar-refractivity contribution in [1.29, 1.82) is 0 Å². The summed E-state index contributed by atoms with van der Waals surface area (Å²) in [6.45, 7) is 4.51. The Kier molecular flexibility index (Phi) is 5.11. The third kappa shape index (κ3) is 3.70. The molecular weight excluding hydrogens is 316 g/mol. The van der Waals surface area contributed by atoms with Gasteiger partial charge in [-0.3, -0.25) is 9.59 Å². The fraction of sp³-hybridized carbons (Fsp3) is 0.500. The lowest BCUT2D eigenvalue weighted by Gasteiger charge is -2.28. The Morgan fingerprint density at radius 2 is 2.16 bits per heavy atom. The van der Waals surface area contributed by atoms with Crippen LogP contribution in [0.25, 0.3) is 5.57 Å². The van der Waals surface area contributed by atoms with Crippen molar-refractivity contribution in [3.05, 3.63) is 34.9 Å². The Morgan fingerprint density at radius 1 is 1.36 bits per heavy atom. The average Bonchev–Trinajstić information content (AvgIpc) is 2.73. The highest BCUT2D eigenvalue weighted by Crippen LogP contribution is 2.42. The summed E-state index contributed by atoms with van der Waals surface area (Å²) in [5.74, 6) is 0.936. The van der Waals surface area contributed by atoms with E-state index in [1.807, 2.05) is 32.0 Å². The summed E-state index contributed by atoms with van der Waals surface area (Å²) in [5, 5.41) is 5.86. The summed E-state index contributed by atoms with van der Waals surface area (Å²) in [5.41, 5.74) is 3.97. The monoisotopic (exact) mass is 342 g/mol. The van der Waals surface area contributed by atoms with E-state index in [0.29, 0.717) is 18.0 Å². The number of allylic oxidation sites excluding steroid dienone is 1. The van der Waals surface area contributed by atoms with E-state index in [0.717, 1.165) is 36.1 Å². The second-order valence-corrected chi connectivity index (χ2v) is 7.09. The Labute approximate surface area is 148 Å². The summed E-state index contributed by atoms with van der Waals surface area (Å²) >= 11 is 0. The molecule has 134 valence electrons. The van der Waals surface area contributed by atoms with Gasteiger partial charge in [-0.15, -0.1) is 0 Å². The zero-order valence-electron chi connectivity index (χ0n) is 15.1. The summed E-state index contributed by atoms with van der Waals surface area (Å²) in [6, 6.07) is 6.08. The van der Waals surface area contributed by atoms with Crippen molar-refractivity contribution in [3.8, 4) is 5.75 Å². The molecule has 1 atom stereocenters. The summed E-state index contributed by atoms with van der Waals surface area (Å²) in [4.78, 5) is 25.0. The van der Waals surface area contributed by atoms with Gasteiger partial charge < -0.3 is 15.4 Å². The zero-order chi connectivity index (χ0) is 18.0. The first-order valence-electron chi connectivity index (χ1n) is 8.97. The molecule has 1 unspecified atom stereocenters. The number of benzene rings is 1. The minimum atomic E-state index is -0.111. The van der Waals surface area contributed by atoms with E-state index in [1.54, 1.807) is 7.11 Å². The van der Waals surface area contributed by atoms with Crippen LogP contribution in [0.3, 0.4) is 0 Å². The van der Waals surface area contributed by atoms with E-state index in [2.05, 4.69) is 10.6 Å². The summed E-state index contributed by atoms with van der Waals surface area (Å²) in [6.07, 6.45) is 3.02. The molecule has 1 heterocycles. The number of hydrogen-bond donors (Lipinski definition) is 2. The first-order chi connectivity index (χ1) is 12.0. The number of fused-ring (bicyclic) bond motifs is 3. The van der Waals surface area contributed by atoms with Gasteiger partial charge in [-0.25, -0.2) is 0 Å². The molecule has 0 saturated heterocycles. The number of amides is 2. The van der Waals surface area contributed by atoms with Crippen LogP contribution in [0, 0.1) is 5.92 Å². The van der Waals surface area contributed by atoms with Crippen LogP contribution in [0.4, 0.5) is 0 Å². The number of ether oxygens (including phenoxy) is 1. The van der Waals surface area contributed by atoms with E-state index >= 15 is 0 Å². The van der Waals surface area contributed by atoms with Crippen LogP contribution >= 0.6 is 0 Å². The maximum atomic E-state index is 12.6. The van der Waals surface area contributed by atoms with Gasteiger partial charge in [0.2, 0.25) is 11.8 Å². The third-order valence-corrected chi connectivity index (χ3v) is 4.94. The van der Waals surface area contributed by atoms with E-state index in [1.165, 1.54) is 5.56 Å². The standard InChI is InChI=1S/C20H26N2O3/c1-12(2)22-18(23)11-17-19-13(8-9-21-20(17)24)4-5-14-10-15(25-3)6-7-16(14)19/h6-7,10,12-13H,4-5,8-9,11H2,1-3H3,(H,21,24)(H,22,23). The lowest BCUT2D eigenvalue weighted by Crippen LogP contribution is -2.33. The van der Waals surface area contributed by atoms with Crippen molar-refractivity contribution in [2.24, 2.45) is 5.92 Å². The first kappa shape index (κ1) is 17.5. The van der Waals surface area contributed by atoms with Crippen LogP contribution in [-0.2, 0) is 16.0 Å². The zero-order valence-corrected chi connectivity index (χ0v) is 15.1. The van der Waals surface area contributed by atoms with Crippen molar-refractivity contribution in [2.75, 3.05) is 13.7 Å². The fourth-order valence-corrected chi connectivity index (χ4v) is 3.86. The maximum Gasteiger partial charge on any atom is 0.248 e. The Morgan fingerprint density at radius 3 is 2.88 bits per heavy atom. The minimum Gasteiger partial charge on any atom is -0.497 e. The number of rotatable bonds is 4. The SMILES string of the molecule is COc1ccc2c(c1)CCC1CCNC(=O)C(CC(=O)NC(C)C)=C21. The van der Waals surface area contributed by atoms with Gasteiger partial charge in [-0.2, -0.15) is 0 Å². The van der Waals surface area contributed by atoms with Gasteiger partial charge in [0.05, 0.1) is 13.5 Å². The number of nitrogens with one attached hydrogen (secondary N) is 2. The molecule has 3 rings (SSSR count). The van der Waals surface area contributed by atoms with Gasteiger partial charge in [-0.1, -0.05) is 6.07 Å². The van der Waals surface area contributed by atoms with Gasteiger partial charge in [-0.05, 0) is 67.9 Å². The van der Waals surface area contributed by atoms with Crippen molar-refractivity contribution in [3.63, 3.8) is 0 Å². The molecule has 1 aromatic carbocycles. The molecule has 5 nitrogen and oxygen atoms in total. The fourth-order valence-electron chi connectivity index (χ4n) is 3.86. The largest absolute Gasteiger partial charge is 0.497 e. The van der Waals surface area contributed by atoms with Crippen LogP contribution in [0.2, 0.25) is 0 Å². The van der Waals surface area contributed by atoms with Crippen LogP contribution in [0.1, 0.15) is 44.2 Å². The Bertz CT molecular complexity index is 722. The molecule has 1 aromatic rings. The van der Waals surface area contributed by atoms with Gasteiger partial charge >= 0.3 is 0 Å². The lowest BCUT2D eigenvalue weighted by molar-refractivity contribution is -0.123. The summed E-state index contributed by atoms with van der Waals surface area (Å²) < 4.78 is 5.34. The molecule has 2 aliphatic rings.